The van der Waals surface area contributed by atoms with E-state index in [1.165, 1.54) is 0 Å². The van der Waals surface area contributed by atoms with Crippen molar-refractivity contribution in [3.05, 3.63) is 0 Å². The van der Waals surface area contributed by atoms with Gasteiger partial charge in [0.15, 0.2) is 0 Å². The first kappa shape index (κ1) is 16.9. The molecule has 0 aliphatic carbocycles. The molecule has 0 aromatic carbocycles. The molecule has 4 N–H and O–H groups in total. The van der Waals surface area contributed by atoms with E-state index in [1.54, 1.807) is 0 Å². The Labute approximate surface area is 74.4 Å². The minimum Gasteiger partial charge on any atom is -0.284 e. The van der Waals surface area contributed by atoms with E-state index in [1.807, 2.05) is 0 Å². The maximum Gasteiger partial charge on any atom is 0.394 e. The van der Waals surface area contributed by atoms with Crippen LogP contribution < -0.4 is 0 Å². The van der Waals surface area contributed by atoms with Crippen molar-refractivity contribution < 1.29 is 52.6 Å². The summed E-state index contributed by atoms with van der Waals surface area (Å²) in [5.74, 6) is 0. The zero-order valence-electron chi connectivity index (χ0n) is 4.33. The van der Waals surface area contributed by atoms with Crippen LogP contribution in [0.25, 0.3) is 0 Å². The second-order valence-electron chi connectivity index (χ2n) is 0.679. The van der Waals surface area contributed by atoms with Crippen molar-refractivity contribution in [1.29, 1.82) is 0 Å². The van der Waals surface area contributed by atoms with Gasteiger partial charge in [0.2, 0.25) is 0 Å². The maximum absolute atomic E-state index is 8.74. The fourth-order valence-electron chi connectivity index (χ4n) is 0. The van der Waals surface area contributed by atoms with Gasteiger partial charge in [0, 0.05) is 21.7 Å². The van der Waals surface area contributed by atoms with Crippen molar-refractivity contribution in [2.24, 2.45) is 0 Å². The van der Waals surface area contributed by atoms with E-state index in [-0.39, 0.29) is 21.7 Å². The summed E-state index contributed by atoms with van der Waals surface area (Å²) in [7, 11) is -4.67. The summed E-state index contributed by atoms with van der Waals surface area (Å²) in [5.41, 5.74) is 0. The molecule has 0 aromatic heterocycles. The molecule has 0 unspecified atom stereocenters. The zero-order chi connectivity index (χ0) is 8.08. The standard InChI is InChI=1S/H2O4S.H2O3S.Ti/c1-5(2,3)4;1-4(2)3;/h(H2,1,2,3,4);(H2,1,2,3);. The smallest absolute Gasteiger partial charge is 0.284 e. The van der Waals surface area contributed by atoms with Gasteiger partial charge in [0.25, 0.3) is 11.4 Å². The third-order valence-corrected chi connectivity index (χ3v) is 0. The summed E-state index contributed by atoms with van der Waals surface area (Å²) in [5, 5.41) is 0. The van der Waals surface area contributed by atoms with Gasteiger partial charge in [-0.15, -0.1) is 0 Å². The van der Waals surface area contributed by atoms with Crippen molar-refractivity contribution in [1.82, 2.24) is 0 Å². The van der Waals surface area contributed by atoms with Crippen LogP contribution in [0.3, 0.4) is 0 Å². The molecular weight excluding hydrogens is 224 g/mol. The summed E-state index contributed by atoms with van der Waals surface area (Å²) in [6.07, 6.45) is 0. The summed E-state index contributed by atoms with van der Waals surface area (Å²) in [6.45, 7) is 0. The number of hydrogen-bond acceptors (Lipinski definition) is 3. The minimum atomic E-state index is -4.67. The average Bonchev–Trinajstić information content (AvgIpc) is 1.19. The molecule has 0 amide bonds. The Morgan fingerprint density at radius 1 is 1.10 bits per heavy atom. The van der Waals surface area contributed by atoms with E-state index >= 15 is 0 Å². The summed E-state index contributed by atoms with van der Waals surface area (Å²) >= 11 is -2.61. The molecule has 0 fully saturated rings. The van der Waals surface area contributed by atoms with Crippen molar-refractivity contribution in [2.75, 3.05) is 0 Å². The van der Waals surface area contributed by atoms with Gasteiger partial charge >= 0.3 is 10.4 Å². The second-order valence-corrected chi connectivity index (χ2v) is 2.04. The Kier molecular flexibility index (Phi) is 13.1. The molecule has 10 heteroatoms. The van der Waals surface area contributed by atoms with E-state index in [0.717, 1.165) is 0 Å². The fraction of sp³-hybridized carbons (Fsp3) is 0. The SMILES string of the molecule is O=S(=O)(O)O.O=S(O)O.[Ti]. The van der Waals surface area contributed by atoms with Gasteiger partial charge in [-0.2, -0.15) is 12.6 Å². The van der Waals surface area contributed by atoms with Crippen molar-refractivity contribution >= 4 is 21.8 Å². The Morgan fingerprint density at radius 3 is 1.10 bits per heavy atom. The zero-order valence-corrected chi connectivity index (χ0v) is 7.52. The molecule has 0 rings (SSSR count). The topological polar surface area (TPSA) is 132 Å². The molecule has 0 heterocycles. The van der Waals surface area contributed by atoms with Crippen LogP contribution in [-0.4, -0.2) is 30.8 Å². The van der Waals surface area contributed by atoms with Crippen LogP contribution in [0.5, 0.6) is 0 Å². The van der Waals surface area contributed by atoms with E-state index in [4.69, 9.17) is 30.8 Å². The molecule has 0 radical (unpaired) electrons. The van der Waals surface area contributed by atoms with Crippen LogP contribution >= 0.6 is 0 Å². The summed E-state index contributed by atoms with van der Waals surface area (Å²) in [6, 6.07) is 0. The van der Waals surface area contributed by atoms with Gasteiger partial charge in [-0.25, -0.2) is 0 Å². The molecular formula is H4O7S2Ti. The first-order chi connectivity index (χ1) is 3.73. The minimum absolute atomic E-state index is 0. The van der Waals surface area contributed by atoms with Crippen LogP contribution in [0.1, 0.15) is 0 Å². The van der Waals surface area contributed by atoms with Crippen molar-refractivity contribution in [3.8, 4) is 0 Å². The quantitative estimate of drug-likeness (QED) is 0.238. The van der Waals surface area contributed by atoms with E-state index < -0.39 is 21.8 Å². The Morgan fingerprint density at radius 2 is 1.10 bits per heavy atom. The fourth-order valence-corrected chi connectivity index (χ4v) is 0. The van der Waals surface area contributed by atoms with Gasteiger partial charge in [-0.1, -0.05) is 0 Å². The molecule has 0 bridgehead atoms. The largest absolute Gasteiger partial charge is 0.394 e. The van der Waals surface area contributed by atoms with Crippen molar-refractivity contribution in [2.45, 2.75) is 0 Å². The molecule has 0 saturated carbocycles. The monoisotopic (exact) mass is 228 g/mol. The summed E-state index contributed by atoms with van der Waals surface area (Å²) in [4.78, 5) is 0. The molecule has 0 aliphatic heterocycles. The first-order valence-electron chi connectivity index (χ1n) is 1.23. The molecule has 0 saturated heterocycles. The molecule has 0 aliphatic rings. The van der Waals surface area contributed by atoms with Crippen molar-refractivity contribution in [3.63, 3.8) is 0 Å². The molecule has 10 heavy (non-hydrogen) atoms. The van der Waals surface area contributed by atoms with Gasteiger partial charge in [-0.05, 0) is 0 Å². The predicted octanol–water partition coefficient (Wildman–Crippen LogP) is -0.974. The maximum atomic E-state index is 8.74. The van der Waals surface area contributed by atoms with Gasteiger partial charge in [0.05, 0.1) is 0 Å². The van der Waals surface area contributed by atoms with E-state index in [9.17, 15) is 0 Å². The molecule has 0 aromatic rings. The third-order valence-electron chi connectivity index (χ3n) is 0. The Hall–Kier alpha value is 0.654. The van der Waals surface area contributed by atoms with Crippen LogP contribution in [0.4, 0.5) is 0 Å². The average molecular weight is 228 g/mol. The van der Waals surface area contributed by atoms with Gasteiger partial charge in [0.1, 0.15) is 0 Å². The van der Waals surface area contributed by atoms with Crippen LogP contribution in [0.2, 0.25) is 0 Å². The van der Waals surface area contributed by atoms with Crippen LogP contribution in [-0.2, 0) is 43.5 Å². The number of hydrogen-bond donors (Lipinski definition) is 4. The van der Waals surface area contributed by atoms with Crippen LogP contribution in [0, 0.1) is 0 Å². The third kappa shape index (κ3) is 1180. The Balaban J connectivity index is -0.0000000910. The van der Waals surface area contributed by atoms with E-state index in [0.29, 0.717) is 0 Å². The van der Waals surface area contributed by atoms with Gasteiger partial charge in [-0.3, -0.25) is 18.2 Å². The first-order valence-corrected chi connectivity index (χ1v) is 3.69. The molecule has 7 nitrogen and oxygen atoms in total. The second kappa shape index (κ2) is 7.76. The molecule has 62 valence electrons. The van der Waals surface area contributed by atoms with E-state index in [2.05, 4.69) is 0 Å². The number of rotatable bonds is 0. The summed E-state index contributed by atoms with van der Waals surface area (Å²) < 4.78 is 54.4. The van der Waals surface area contributed by atoms with Crippen LogP contribution in [0.15, 0.2) is 0 Å². The molecule has 0 atom stereocenters. The van der Waals surface area contributed by atoms with Gasteiger partial charge < -0.3 is 0 Å². The Bertz CT molecular complexity index is 154. The predicted molar refractivity (Wildman–Crippen MR) is 27.6 cm³/mol. The molecule has 0 spiro atoms. The normalized spacial score (nSPS) is 9.30.